The lowest BCUT2D eigenvalue weighted by Gasteiger charge is -2.28. The van der Waals surface area contributed by atoms with Crippen LogP contribution in [-0.4, -0.2) is 33.3 Å². The molecule has 0 amide bonds. The zero-order valence-corrected chi connectivity index (χ0v) is 12.1. The molecule has 2 rings (SSSR count). The molecule has 0 aromatic rings. The van der Waals surface area contributed by atoms with E-state index in [-0.39, 0.29) is 5.25 Å². The van der Waals surface area contributed by atoms with E-state index in [2.05, 4.69) is 17.0 Å². The van der Waals surface area contributed by atoms with Gasteiger partial charge in [0.25, 0.3) is 0 Å². The van der Waals surface area contributed by atoms with Crippen LogP contribution in [0.5, 0.6) is 0 Å². The molecule has 2 N–H and O–H groups in total. The van der Waals surface area contributed by atoms with Crippen LogP contribution in [0.3, 0.4) is 0 Å². The second-order valence-corrected chi connectivity index (χ2v) is 8.03. The van der Waals surface area contributed by atoms with Gasteiger partial charge >= 0.3 is 0 Å². The molecule has 2 unspecified atom stereocenters. The molecule has 2 aliphatic rings. The molecule has 1 aliphatic carbocycles. The molecular weight excluding hydrogens is 248 g/mol. The molecule has 1 aliphatic heterocycles. The first-order valence-electron chi connectivity index (χ1n) is 7.27. The maximum Gasteiger partial charge on any atom is 0.214 e. The molecule has 1 saturated heterocycles. The molecule has 18 heavy (non-hydrogen) atoms. The Labute approximate surface area is 111 Å². The SMILES string of the molecule is CC1CCCC(CNS(=O)(=O)C2CCNCC2)C1. The highest BCUT2D eigenvalue weighted by Gasteiger charge is 2.28. The average molecular weight is 274 g/mol. The third kappa shape index (κ3) is 3.93. The molecule has 2 fully saturated rings. The summed E-state index contributed by atoms with van der Waals surface area (Å²) in [6, 6.07) is 0. The molecule has 4 nitrogen and oxygen atoms in total. The lowest BCUT2D eigenvalue weighted by atomic mass is 9.83. The average Bonchev–Trinajstić information content (AvgIpc) is 2.38. The Morgan fingerprint density at radius 2 is 1.89 bits per heavy atom. The van der Waals surface area contributed by atoms with E-state index in [0.717, 1.165) is 31.8 Å². The van der Waals surface area contributed by atoms with E-state index in [9.17, 15) is 8.42 Å². The summed E-state index contributed by atoms with van der Waals surface area (Å²) in [6.07, 6.45) is 6.40. The van der Waals surface area contributed by atoms with E-state index >= 15 is 0 Å². The Bertz CT molecular complexity index is 350. The summed E-state index contributed by atoms with van der Waals surface area (Å²) in [5.74, 6) is 1.30. The Morgan fingerprint density at radius 1 is 1.17 bits per heavy atom. The van der Waals surface area contributed by atoms with Crippen molar-refractivity contribution in [2.75, 3.05) is 19.6 Å². The van der Waals surface area contributed by atoms with Gasteiger partial charge in [-0.25, -0.2) is 13.1 Å². The predicted molar refractivity (Wildman–Crippen MR) is 73.9 cm³/mol. The quantitative estimate of drug-likeness (QED) is 0.816. The van der Waals surface area contributed by atoms with E-state index in [1.165, 1.54) is 25.7 Å². The molecule has 2 atom stereocenters. The minimum absolute atomic E-state index is 0.181. The van der Waals surface area contributed by atoms with Crippen molar-refractivity contribution >= 4 is 10.0 Å². The predicted octanol–water partition coefficient (Wildman–Crippen LogP) is 1.48. The van der Waals surface area contributed by atoms with Gasteiger partial charge in [-0.2, -0.15) is 0 Å². The summed E-state index contributed by atoms with van der Waals surface area (Å²) in [6.45, 7) is 4.57. The smallest absolute Gasteiger partial charge is 0.214 e. The normalized spacial score (nSPS) is 31.4. The van der Waals surface area contributed by atoms with Crippen LogP contribution in [0.15, 0.2) is 0 Å². The third-order valence-corrected chi connectivity index (χ3v) is 6.26. The van der Waals surface area contributed by atoms with Gasteiger partial charge in [0, 0.05) is 6.54 Å². The topological polar surface area (TPSA) is 58.2 Å². The van der Waals surface area contributed by atoms with Crippen LogP contribution in [-0.2, 0) is 10.0 Å². The fourth-order valence-corrected chi connectivity index (χ4v) is 4.76. The maximum absolute atomic E-state index is 12.2. The lowest BCUT2D eigenvalue weighted by Crippen LogP contribution is -2.43. The number of rotatable bonds is 4. The van der Waals surface area contributed by atoms with Gasteiger partial charge in [-0.15, -0.1) is 0 Å². The van der Waals surface area contributed by atoms with Crippen LogP contribution in [0, 0.1) is 11.8 Å². The van der Waals surface area contributed by atoms with E-state index < -0.39 is 10.0 Å². The second-order valence-electron chi connectivity index (χ2n) is 5.98. The van der Waals surface area contributed by atoms with E-state index in [1.807, 2.05) is 0 Å². The molecule has 0 bridgehead atoms. The van der Waals surface area contributed by atoms with Crippen LogP contribution < -0.4 is 10.0 Å². The summed E-state index contributed by atoms with van der Waals surface area (Å²) < 4.78 is 27.2. The van der Waals surface area contributed by atoms with Crippen LogP contribution in [0.25, 0.3) is 0 Å². The van der Waals surface area contributed by atoms with Crippen molar-refractivity contribution in [2.24, 2.45) is 11.8 Å². The zero-order valence-electron chi connectivity index (χ0n) is 11.3. The Hall–Kier alpha value is -0.130. The minimum atomic E-state index is -3.09. The highest BCUT2D eigenvalue weighted by atomic mass is 32.2. The zero-order chi connectivity index (χ0) is 13.0. The van der Waals surface area contributed by atoms with Crippen LogP contribution >= 0.6 is 0 Å². The number of nitrogens with one attached hydrogen (secondary N) is 2. The first-order valence-corrected chi connectivity index (χ1v) is 8.82. The van der Waals surface area contributed by atoms with E-state index in [4.69, 9.17) is 0 Å². The van der Waals surface area contributed by atoms with E-state index in [0.29, 0.717) is 12.5 Å². The first kappa shape index (κ1) is 14.3. The van der Waals surface area contributed by atoms with Gasteiger partial charge in [-0.05, 0) is 50.6 Å². The van der Waals surface area contributed by atoms with Gasteiger partial charge in [0.1, 0.15) is 0 Å². The number of hydrogen-bond acceptors (Lipinski definition) is 3. The van der Waals surface area contributed by atoms with Gasteiger partial charge in [-0.1, -0.05) is 19.8 Å². The standard InChI is InChI=1S/C13H26N2O2S/c1-11-3-2-4-12(9-11)10-15-18(16,17)13-5-7-14-8-6-13/h11-15H,2-10H2,1H3. The molecule has 106 valence electrons. The van der Waals surface area contributed by atoms with Gasteiger partial charge in [-0.3, -0.25) is 0 Å². The minimum Gasteiger partial charge on any atom is -0.317 e. The van der Waals surface area contributed by atoms with Crippen molar-refractivity contribution in [3.05, 3.63) is 0 Å². The molecule has 1 heterocycles. The number of sulfonamides is 1. The Morgan fingerprint density at radius 3 is 2.56 bits per heavy atom. The van der Waals surface area contributed by atoms with Crippen LogP contribution in [0.1, 0.15) is 45.4 Å². The number of piperidine rings is 1. The molecular formula is C13H26N2O2S. The highest BCUT2D eigenvalue weighted by molar-refractivity contribution is 7.90. The fourth-order valence-electron chi connectivity index (χ4n) is 3.20. The first-order chi connectivity index (χ1) is 8.58. The monoisotopic (exact) mass is 274 g/mol. The Balaban J connectivity index is 1.80. The third-order valence-electron chi connectivity index (χ3n) is 4.34. The molecule has 0 aromatic heterocycles. The van der Waals surface area contributed by atoms with Crippen molar-refractivity contribution in [3.8, 4) is 0 Å². The van der Waals surface area contributed by atoms with Crippen LogP contribution in [0.4, 0.5) is 0 Å². The van der Waals surface area contributed by atoms with Gasteiger partial charge < -0.3 is 5.32 Å². The molecule has 0 aromatic carbocycles. The summed E-state index contributed by atoms with van der Waals surface area (Å²) in [7, 11) is -3.09. The highest BCUT2D eigenvalue weighted by Crippen LogP contribution is 2.28. The van der Waals surface area contributed by atoms with Crippen molar-refractivity contribution in [1.29, 1.82) is 0 Å². The summed E-state index contributed by atoms with van der Waals surface area (Å²) in [5.41, 5.74) is 0. The van der Waals surface area contributed by atoms with Gasteiger partial charge in [0.15, 0.2) is 0 Å². The largest absolute Gasteiger partial charge is 0.317 e. The maximum atomic E-state index is 12.2. The number of hydrogen-bond donors (Lipinski definition) is 2. The van der Waals surface area contributed by atoms with E-state index in [1.54, 1.807) is 0 Å². The van der Waals surface area contributed by atoms with Crippen LogP contribution in [0.2, 0.25) is 0 Å². The van der Waals surface area contributed by atoms with Crippen molar-refractivity contribution < 1.29 is 8.42 Å². The van der Waals surface area contributed by atoms with Crippen molar-refractivity contribution in [1.82, 2.24) is 10.0 Å². The molecule has 5 heteroatoms. The summed E-state index contributed by atoms with van der Waals surface area (Å²) >= 11 is 0. The van der Waals surface area contributed by atoms with Gasteiger partial charge in [0.2, 0.25) is 10.0 Å². The fraction of sp³-hybridized carbons (Fsp3) is 1.00. The second kappa shape index (κ2) is 6.35. The summed E-state index contributed by atoms with van der Waals surface area (Å²) in [5, 5.41) is 3.03. The lowest BCUT2D eigenvalue weighted by molar-refractivity contribution is 0.283. The molecule has 0 radical (unpaired) electrons. The Kier molecular flexibility index (Phi) is 5.04. The summed E-state index contributed by atoms with van der Waals surface area (Å²) in [4.78, 5) is 0. The van der Waals surface area contributed by atoms with Gasteiger partial charge in [0.05, 0.1) is 5.25 Å². The molecule has 0 spiro atoms. The van der Waals surface area contributed by atoms with Crippen molar-refractivity contribution in [3.63, 3.8) is 0 Å². The molecule has 1 saturated carbocycles. The van der Waals surface area contributed by atoms with Crippen molar-refractivity contribution in [2.45, 2.75) is 50.7 Å².